The van der Waals surface area contributed by atoms with Crippen molar-refractivity contribution in [3.63, 3.8) is 0 Å². The quantitative estimate of drug-likeness (QED) is 0.255. The van der Waals surface area contributed by atoms with Crippen molar-refractivity contribution in [2.45, 2.75) is 77.7 Å². The van der Waals surface area contributed by atoms with Crippen LogP contribution in [0.1, 0.15) is 71.3 Å². The van der Waals surface area contributed by atoms with Gasteiger partial charge in [0.2, 0.25) is 0 Å². The van der Waals surface area contributed by atoms with Crippen LogP contribution >= 0.6 is 0 Å². The Kier molecular flexibility index (Phi) is 11.6. The monoisotopic (exact) mass is 504 g/mol. The van der Waals surface area contributed by atoms with Gasteiger partial charge in [0.1, 0.15) is 17.4 Å². The van der Waals surface area contributed by atoms with Crippen LogP contribution in [0.5, 0.6) is 5.75 Å². The molecule has 2 aromatic carbocycles. The summed E-state index contributed by atoms with van der Waals surface area (Å²) in [7, 11) is 0. The number of unbranched alkanes of at least 4 members (excludes halogenated alkanes) is 6. The highest BCUT2D eigenvalue weighted by Crippen LogP contribution is 2.20. The average Bonchev–Trinajstić information content (AvgIpc) is 2.82. The molecule has 0 saturated heterocycles. The maximum atomic E-state index is 14.1. The summed E-state index contributed by atoms with van der Waals surface area (Å²) in [5.74, 6) is -2.14. The Hall–Kier alpha value is -3.16. The number of amides is 2. The summed E-state index contributed by atoms with van der Waals surface area (Å²) in [5, 5.41) is 11.8. The van der Waals surface area contributed by atoms with Gasteiger partial charge >= 0.3 is 12.0 Å². The van der Waals surface area contributed by atoms with Gasteiger partial charge in [0.05, 0.1) is 5.69 Å². The molecule has 36 heavy (non-hydrogen) atoms. The third-order valence-corrected chi connectivity index (χ3v) is 5.97. The van der Waals surface area contributed by atoms with Gasteiger partial charge in [0, 0.05) is 19.2 Å². The smallest absolute Gasteiger partial charge is 0.347 e. The topological polar surface area (TPSA) is 78.9 Å². The minimum atomic E-state index is -1.34. The number of halogens is 2. The van der Waals surface area contributed by atoms with Crippen molar-refractivity contribution in [3.8, 4) is 5.75 Å². The number of ether oxygens (including phenoxy) is 1. The highest BCUT2D eigenvalue weighted by Gasteiger charge is 2.29. The molecular formula is C28H38F2N2O4. The lowest BCUT2D eigenvalue weighted by molar-refractivity contribution is -0.152. The number of aliphatic carboxylic acids is 1. The molecular weight excluding hydrogens is 466 g/mol. The van der Waals surface area contributed by atoms with Crippen molar-refractivity contribution >= 4 is 17.7 Å². The molecule has 0 aromatic heterocycles. The zero-order valence-electron chi connectivity index (χ0n) is 21.5. The molecule has 0 aliphatic rings. The van der Waals surface area contributed by atoms with Crippen molar-refractivity contribution in [2.75, 3.05) is 18.4 Å². The van der Waals surface area contributed by atoms with E-state index >= 15 is 0 Å². The molecule has 0 aliphatic carbocycles. The van der Waals surface area contributed by atoms with Crippen LogP contribution in [0.25, 0.3) is 0 Å². The SMILES string of the molecule is CCCCCCCCCN(CCc1ccc(OC(C)(C)C(=O)O)cc1)C(=O)Nc1ccc(F)cc1F. The van der Waals surface area contributed by atoms with Gasteiger partial charge in [0.15, 0.2) is 5.60 Å². The molecule has 0 radical (unpaired) electrons. The Labute approximate surface area is 212 Å². The summed E-state index contributed by atoms with van der Waals surface area (Å²) in [5.41, 5.74) is -0.461. The first-order valence-electron chi connectivity index (χ1n) is 12.6. The Balaban J connectivity index is 1.98. The Morgan fingerprint density at radius 1 is 0.944 bits per heavy atom. The highest BCUT2D eigenvalue weighted by molar-refractivity contribution is 5.89. The summed E-state index contributed by atoms with van der Waals surface area (Å²) in [6, 6.07) is 9.69. The predicted molar refractivity (Wildman–Crippen MR) is 137 cm³/mol. The number of urea groups is 1. The van der Waals surface area contributed by atoms with E-state index in [0.29, 0.717) is 25.3 Å². The zero-order chi connectivity index (χ0) is 26.6. The molecule has 2 N–H and O–H groups in total. The number of rotatable bonds is 15. The number of nitrogens with one attached hydrogen (secondary N) is 1. The number of carbonyl (C=O) groups is 2. The van der Waals surface area contributed by atoms with Crippen molar-refractivity contribution in [1.29, 1.82) is 0 Å². The molecule has 8 heteroatoms. The van der Waals surface area contributed by atoms with E-state index in [-0.39, 0.29) is 5.69 Å². The highest BCUT2D eigenvalue weighted by atomic mass is 19.1. The lowest BCUT2D eigenvalue weighted by Gasteiger charge is -2.24. The van der Waals surface area contributed by atoms with E-state index in [1.165, 1.54) is 45.6 Å². The third-order valence-electron chi connectivity index (χ3n) is 5.97. The van der Waals surface area contributed by atoms with Gasteiger partial charge in [0.25, 0.3) is 0 Å². The first-order valence-corrected chi connectivity index (χ1v) is 12.6. The van der Waals surface area contributed by atoms with Gasteiger partial charge in [-0.1, -0.05) is 57.6 Å². The minimum Gasteiger partial charge on any atom is -0.478 e. The van der Waals surface area contributed by atoms with Crippen LogP contribution in [0.2, 0.25) is 0 Å². The summed E-state index contributed by atoms with van der Waals surface area (Å²) < 4.78 is 32.8. The van der Waals surface area contributed by atoms with Crippen molar-refractivity contribution in [2.24, 2.45) is 0 Å². The van der Waals surface area contributed by atoms with E-state index in [1.807, 2.05) is 12.1 Å². The lowest BCUT2D eigenvalue weighted by Crippen LogP contribution is -2.38. The Bertz CT molecular complexity index is 980. The third kappa shape index (κ3) is 9.84. The van der Waals surface area contributed by atoms with Crippen LogP contribution in [-0.4, -0.2) is 40.7 Å². The van der Waals surface area contributed by atoms with Crippen LogP contribution < -0.4 is 10.1 Å². The normalized spacial score (nSPS) is 11.2. The maximum Gasteiger partial charge on any atom is 0.347 e. The second-order valence-corrected chi connectivity index (χ2v) is 9.47. The number of carbonyl (C=O) groups excluding carboxylic acids is 1. The van der Waals surface area contributed by atoms with Gasteiger partial charge in [-0.3, -0.25) is 0 Å². The molecule has 0 fully saturated rings. The van der Waals surface area contributed by atoms with E-state index in [0.717, 1.165) is 37.0 Å². The molecule has 198 valence electrons. The maximum absolute atomic E-state index is 14.1. The molecule has 0 bridgehead atoms. The van der Waals surface area contributed by atoms with E-state index in [2.05, 4.69) is 12.2 Å². The largest absolute Gasteiger partial charge is 0.478 e. The lowest BCUT2D eigenvalue weighted by atomic mass is 10.1. The second-order valence-electron chi connectivity index (χ2n) is 9.47. The minimum absolute atomic E-state index is 0.0616. The van der Waals surface area contributed by atoms with Gasteiger partial charge in [-0.25, -0.2) is 18.4 Å². The summed E-state index contributed by atoms with van der Waals surface area (Å²) in [6.07, 6.45) is 8.32. The molecule has 2 rings (SSSR count). The van der Waals surface area contributed by atoms with Crippen molar-refractivity contribution < 1.29 is 28.2 Å². The van der Waals surface area contributed by atoms with Crippen LogP contribution in [-0.2, 0) is 11.2 Å². The molecule has 0 spiro atoms. The number of nitrogens with zero attached hydrogens (tertiary/aromatic N) is 1. The summed E-state index contributed by atoms with van der Waals surface area (Å²) in [6.45, 7) is 6.07. The molecule has 6 nitrogen and oxygen atoms in total. The van der Waals surface area contributed by atoms with E-state index < -0.39 is 29.2 Å². The number of anilines is 1. The second kappa shape index (κ2) is 14.4. The Morgan fingerprint density at radius 3 is 2.19 bits per heavy atom. The van der Waals surface area contributed by atoms with Crippen molar-refractivity contribution in [1.82, 2.24) is 4.90 Å². The number of carboxylic acids is 1. The van der Waals surface area contributed by atoms with Crippen molar-refractivity contribution in [3.05, 3.63) is 59.7 Å². The van der Waals surface area contributed by atoms with E-state index in [1.54, 1.807) is 17.0 Å². The van der Waals surface area contributed by atoms with Gasteiger partial charge in [-0.2, -0.15) is 0 Å². The predicted octanol–water partition coefficient (Wildman–Crippen LogP) is 7.03. The first-order chi connectivity index (χ1) is 17.1. The van der Waals surface area contributed by atoms with Gasteiger partial charge in [-0.15, -0.1) is 0 Å². The molecule has 0 aliphatic heterocycles. The fraction of sp³-hybridized carbons (Fsp3) is 0.500. The van der Waals surface area contributed by atoms with E-state index in [9.17, 15) is 23.5 Å². The first kappa shape index (κ1) is 29.1. The van der Waals surface area contributed by atoms with Gasteiger partial charge < -0.3 is 20.1 Å². The van der Waals surface area contributed by atoms with E-state index in [4.69, 9.17) is 4.74 Å². The fourth-order valence-corrected chi connectivity index (χ4v) is 3.69. The Morgan fingerprint density at radius 2 is 1.58 bits per heavy atom. The average molecular weight is 505 g/mol. The fourth-order valence-electron chi connectivity index (χ4n) is 3.69. The number of hydrogen-bond donors (Lipinski definition) is 2. The number of benzene rings is 2. The molecule has 2 aromatic rings. The molecule has 0 saturated carbocycles. The van der Waals surface area contributed by atoms with Crippen LogP contribution in [0.15, 0.2) is 42.5 Å². The zero-order valence-corrected chi connectivity index (χ0v) is 21.5. The molecule has 2 amide bonds. The molecule has 0 heterocycles. The standard InChI is InChI=1S/C28H38F2N2O4/c1-4-5-6-7-8-9-10-18-32(27(35)31-25-16-13-22(29)20-24(25)30)19-17-21-11-14-23(15-12-21)36-28(2,3)26(33)34/h11-16,20H,4-10,17-19H2,1-3H3,(H,31,35)(H,33,34). The summed E-state index contributed by atoms with van der Waals surface area (Å²) in [4.78, 5) is 25.8. The number of hydrogen-bond acceptors (Lipinski definition) is 3. The van der Waals surface area contributed by atoms with Crippen LogP contribution in [0.3, 0.4) is 0 Å². The van der Waals surface area contributed by atoms with Crippen LogP contribution in [0.4, 0.5) is 19.3 Å². The van der Waals surface area contributed by atoms with Gasteiger partial charge in [-0.05, 0) is 56.5 Å². The van der Waals surface area contributed by atoms with Crippen LogP contribution in [0, 0.1) is 11.6 Å². The summed E-state index contributed by atoms with van der Waals surface area (Å²) >= 11 is 0. The number of carboxylic acid groups (broad SMARTS) is 1. The molecule has 0 atom stereocenters. The molecule has 0 unspecified atom stereocenters.